The fraction of sp³-hybridized carbons (Fsp3) is 0.0769. The number of amides is 1. The van der Waals surface area contributed by atoms with E-state index in [1.807, 2.05) is 13.0 Å². The Hall–Kier alpha value is -2.07. The van der Waals surface area contributed by atoms with E-state index in [4.69, 9.17) is 11.6 Å². The van der Waals surface area contributed by atoms with Crippen LogP contribution in [0.3, 0.4) is 0 Å². The van der Waals surface area contributed by atoms with Crippen molar-refractivity contribution in [1.29, 1.82) is 0 Å². The third-order valence-corrected chi connectivity index (χ3v) is 2.92. The van der Waals surface area contributed by atoms with Crippen molar-refractivity contribution < 1.29 is 9.59 Å². The third-order valence-electron chi connectivity index (χ3n) is 2.52. The summed E-state index contributed by atoms with van der Waals surface area (Å²) in [5.41, 5.74) is 2.31. The quantitative estimate of drug-likeness (QED) is 0.835. The molecule has 0 aliphatic heterocycles. The summed E-state index contributed by atoms with van der Waals surface area (Å²) in [4.78, 5) is 25.1. The minimum Gasteiger partial charge on any atom is -0.356 e. The van der Waals surface area contributed by atoms with Crippen LogP contribution in [0.5, 0.6) is 0 Å². The zero-order chi connectivity index (χ0) is 13.1. The van der Waals surface area contributed by atoms with Crippen LogP contribution in [0.4, 0.5) is 5.69 Å². The van der Waals surface area contributed by atoms with Crippen molar-refractivity contribution >= 4 is 29.5 Å². The third kappa shape index (κ3) is 2.60. The first-order valence-corrected chi connectivity index (χ1v) is 5.69. The summed E-state index contributed by atoms with van der Waals surface area (Å²) in [6, 6.07) is 6.75. The highest BCUT2D eigenvalue weighted by Crippen LogP contribution is 2.20. The molecule has 1 aromatic carbocycles. The van der Waals surface area contributed by atoms with Crippen LogP contribution in [0.2, 0.25) is 5.02 Å². The van der Waals surface area contributed by atoms with Crippen LogP contribution in [0.1, 0.15) is 26.4 Å². The summed E-state index contributed by atoms with van der Waals surface area (Å²) in [5, 5.41) is 3.28. The number of halogens is 1. The van der Waals surface area contributed by atoms with Crippen LogP contribution < -0.4 is 5.32 Å². The molecule has 5 heteroatoms. The van der Waals surface area contributed by atoms with Gasteiger partial charge in [-0.15, -0.1) is 0 Å². The molecule has 4 nitrogen and oxygen atoms in total. The highest BCUT2D eigenvalue weighted by molar-refractivity contribution is 6.31. The van der Waals surface area contributed by atoms with Gasteiger partial charge in [0.25, 0.3) is 5.91 Å². The van der Waals surface area contributed by atoms with Crippen molar-refractivity contribution in [2.24, 2.45) is 0 Å². The molecule has 2 rings (SSSR count). The van der Waals surface area contributed by atoms with E-state index in [0.717, 1.165) is 5.56 Å². The fourth-order valence-electron chi connectivity index (χ4n) is 1.48. The predicted molar refractivity (Wildman–Crippen MR) is 70.3 cm³/mol. The summed E-state index contributed by atoms with van der Waals surface area (Å²) >= 11 is 5.96. The van der Waals surface area contributed by atoms with Crippen LogP contribution in [0.15, 0.2) is 30.5 Å². The van der Waals surface area contributed by atoms with Crippen LogP contribution in [-0.4, -0.2) is 17.2 Å². The van der Waals surface area contributed by atoms with E-state index >= 15 is 0 Å². The van der Waals surface area contributed by atoms with Gasteiger partial charge in [0.1, 0.15) is 5.69 Å². The molecule has 2 N–H and O–H groups in total. The maximum Gasteiger partial charge on any atom is 0.272 e. The molecule has 2 aromatic rings. The van der Waals surface area contributed by atoms with Crippen molar-refractivity contribution in [2.75, 3.05) is 5.32 Å². The normalized spacial score (nSPS) is 10.1. The van der Waals surface area contributed by atoms with Crippen LogP contribution in [0.25, 0.3) is 0 Å². The molecule has 0 atom stereocenters. The number of anilines is 1. The van der Waals surface area contributed by atoms with E-state index in [-0.39, 0.29) is 5.91 Å². The number of benzene rings is 1. The lowest BCUT2D eigenvalue weighted by Crippen LogP contribution is -2.12. The molecule has 0 saturated heterocycles. The van der Waals surface area contributed by atoms with Gasteiger partial charge in [-0.3, -0.25) is 9.59 Å². The first kappa shape index (κ1) is 12.4. The highest BCUT2D eigenvalue weighted by Gasteiger charge is 2.09. The first-order valence-electron chi connectivity index (χ1n) is 5.31. The number of carbonyl (C=O) groups excluding carboxylic acids is 2. The second-order valence-corrected chi connectivity index (χ2v) is 4.29. The number of hydrogen-bond acceptors (Lipinski definition) is 2. The molecule has 0 bridgehead atoms. The molecular weight excluding hydrogens is 252 g/mol. The molecule has 0 spiro atoms. The van der Waals surface area contributed by atoms with Crippen molar-refractivity contribution in [3.8, 4) is 0 Å². The second-order valence-electron chi connectivity index (χ2n) is 3.88. The molecule has 1 aromatic heterocycles. The summed E-state index contributed by atoms with van der Waals surface area (Å²) < 4.78 is 0. The molecule has 92 valence electrons. The number of aromatic nitrogens is 1. The van der Waals surface area contributed by atoms with Gasteiger partial charge < -0.3 is 10.3 Å². The molecule has 0 unspecified atom stereocenters. The van der Waals surface area contributed by atoms with E-state index in [1.165, 1.54) is 12.3 Å². The van der Waals surface area contributed by atoms with Crippen LogP contribution >= 0.6 is 11.6 Å². The van der Waals surface area contributed by atoms with Gasteiger partial charge in [0.15, 0.2) is 6.29 Å². The van der Waals surface area contributed by atoms with Gasteiger partial charge in [-0.1, -0.05) is 17.7 Å². The summed E-state index contributed by atoms with van der Waals surface area (Å²) in [6.45, 7) is 1.88. The Morgan fingerprint density at radius 1 is 1.39 bits per heavy atom. The fourth-order valence-corrected chi connectivity index (χ4v) is 1.66. The van der Waals surface area contributed by atoms with Gasteiger partial charge in [-0.25, -0.2) is 0 Å². The Kier molecular flexibility index (Phi) is 3.48. The Balaban J connectivity index is 2.15. The number of rotatable bonds is 3. The van der Waals surface area contributed by atoms with Crippen molar-refractivity contribution in [3.63, 3.8) is 0 Å². The topological polar surface area (TPSA) is 62.0 Å². The van der Waals surface area contributed by atoms with Crippen molar-refractivity contribution in [2.45, 2.75) is 6.92 Å². The molecule has 1 heterocycles. The van der Waals surface area contributed by atoms with E-state index in [2.05, 4.69) is 10.3 Å². The minimum atomic E-state index is -0.317. The lowest BCUT2D eigenvalue weighted by atomic mass is 10.2. The summed E-state index contributed by atoms with van der Waals surface area (Å²) in [5.74, 6) is -0.317. The van der Waals surface area contributed by atoms with Crippen LogP contribution in [-0.2, 0) is 0 Å². The van der Waals surface area contributed by atoms with Crippen molar-refractivity contribution in [1.82, 2.24) is 4.98 Å². The van der Waals surface area contributed by atoms with Gasteiger partial charge in [-0.05, 0) is 30.7 Å². The standard InChI is InChI=1S/C13H11ClN2O2/c1-8-2-3-10(5-11(8)14)16-13(18)12-4-9(7-17)6-15-12/h2-7,15H,1H3,(H,16,18). The second kappa shape index (κ2) is 5.06. The van der Waals surface area contributed by atoms with E-state index < -0.39 is 0 Å². The average molecular weight is 263 g/mol. The molecule has 1 amide bonds. The van der Waals surface area contributed by atoms with E-state index in [0.29, 0.717) is 28.3 Å². The summed E-state index contributed by atoms with van der Waals surface area (Å²) in [7, 11) is 0. The van der Waals surface area contributed by atoms with Gasteiger partial charge in [0.05, 0.1) is 0 Å². The lowest BCUT2D eigenvalue weighted by Gasteiger charge is -2.05. The highest BCUT2D eigenvalue weighted by atomic mass is 35.5. The number of aryl methyl sites for hydroxylation is 1. The zero-order valence-corrected chi connectivity index (χ0v) is 10.4. The number of hydrogen-bond donors (Lipinski definition) is 2. The molecule has 0 fully saturated rings. The number of H-pyrrole nitrogens is 1. The zero-order valence-electron chi connectivity index (χ0n) is 9.66. The number of nitrogens with one attached hydrogen (secondary N) is 2. The largest absolute Gasteiger partial charge is 0.356 e. The molecule has 0 radical (unpaired) electrons. The number of aldehydes is 1. The smallest absolute Gasteiger partial charge is 0.272 e. The average Bonchev–Trinajstić information content (AvgIpc) is 2.82. The molecular formula is C13H11ClN2O2. The van der Waals surface area contributed by atoms with Gasteiger partial charge >= 0.3 is 0 Å². The summed E-state index contributed by atoms with van der Waals surface area (Å²) in [6.07, 6.45) is 2.15. The molecule has 0 saturated carbocycles. The molecule has 0 aliphatic carbocycles. The first-order chi connectivity index (χ1) is 8.60. The monoisotopic (exact) mass is 262 g/mol. The van der Waals surface area contributed by atoms with E-state index in [9.17, 15) is 9.59 Å². The van der Waals surface area contributed by atoms with Crippen LogP contribution in [0, 0.1) is 6.92 Å². The Morgan fingerprint density at radius 2 is 2.17 bits per heavy atom. The van der Waals surface area contributed by atoms with E-state index in [1.54, 1.807) is 12.1 Å². The minimum absolute atomic E-state index is 0.317. The van der Waals surface area contributed by atoms with Gasteiger partial charge in [0.2, 0.25) is 0 Å². The van der Waals surface area contributed by atoms with Crippen molar-refractivity contribution in [3.05, 3.63) is 52.3 Å². The Morgan fingerprint density at radius 3 is 2.78 bits per heavy atom. The number of carbonyl (C=O) groups is 2. The molecule has 18 heavy (non-hydrogen) atoms. The maximum atomic E-state index is 11.8. The molecule has 0 aliphatic rings. The predicted octanol–water partition coefficient (Wildman–Crippen LogP) is 3.04. The van der Waals surface area contributed by atoms with Gasteiger partial charge in [0, 0.05) is 22.5 Å². The Bertz CT molecular complexity index is 605. The van der Waals surface area contributed by atoms with Gasteiger partial charge in [-0.2, -0.15) is 0 Å². The SMILES string of the molecule is Cc1ccc(NC(=O)c2cc(C=O)c[nH]2)cc1Cl. The lowest BCUT2D eigenvalue weighted by molar-refractivity contribution is 0.102. The maximum absolute atomic E-state index is 11.8. The number of aromatic amines is 1. The Labute approximate surface area is 109 Å².